The van der Waals surface area contributed by atoms with Gasteiger partial charge in [0.1, 0.15) is 0 Å². The van der Waals surface area contributed by atoms with Gasteiger partial charge in [-0.15, -0.1) is 0 Å². The smallest absolute Gasteiger partial charge is 0.241 e. The standard InChI is InChI=1S/C39H38N2O7/c1-5-22-11-14-25(15-12-22)40-35(43)27-17-16-26-28(33(27)37(40)45)21-30-36(44)41(24-9-7-6-8-10-24)38(46)39(30,2)29(26)18-13-23-19-31(47-3)34(42)32(20-23)48-4/h6-16,18-20,27-30,33,42H,5,17,21H2,1-4H3/t27-,28+,29-,30-,33-,39-/m0/s1. The first-order chi connectivity index (χ1) is 23.1. The third-order valence-corrected chi connectivity index (χ3v) is 10.9. The van der Waals surface area contributed by atoms with Crippen molar-refractivity contribution < 1.29 is 33.8 Å². The maximum Gasteiger partial charge on any atom is 0.241 e. The van der Waals surface area contributed by atoms with Crippen molar-refractivity contribution in [3.63, 3.8) is 0 Å². The third kappa shape index (κ3) is 4.58. The largest absolute Gasteiger partial charge is 0.502 e. The van der Waals surface area contributed by atoms with E-state index in [0.29, 0.717) is 23.4 Å². The van der Waals surface area contributed by atoms with Crippen molar-refractivity contribution >= 4 is 41.1 Å². The number of hydrogen-bond acceptors (Lipinski definition) is 7. The minimum atomic E-state index is -1.15. The lowest BCUT2D eigenvalue weighted by atomic mass is 9.52. The molecule has 2 aliphatic heterocycles. The number of methoxy groups -OCH3 is 2. The topological polar surface area (TPSA) is 113 Å². The molecule has 4 aliphatic rings. The van der Waals surface area contributed by atoms with E-state index in [2.05, 4.69) is 0 Å². The third-order valence-electron chi connectivity index (χ3n) is 10.9. The monoisotopic (exact) mass is 646 g/mol. The molecule has 0 aromatic heterocycles. The number of anilines is 2. The van der Waals surface area contributed by atoms with E-state index < -0.39 is 35.0 Å². The highest BCUT2D eigenvalue weighted by molar-refractivity contribution is 6.25. The molecular weight excluding hydrogens is 608 g/mol. The number of fused-ring (bicyclic) bond motifs is 4. The number of phenolic OH excluding ortho intramolecular Hbond substituents is 1. The minimum Gasteiger partial charge on any atom is -0.502 e. The quantitative estimate of drug-likeness (QED) is 0.249. The zero-order chi connectivity index (χ0) is 33.9. The van der Waals surface area contributed by atoms with Crippen LogP contribution in [-0.2, 0) is 25.6 Å². The highest BCUT2D eigenvalue weighted by Gasteiger charge is 2.66. The molecule has 2 heterocycles. The SMILES string of the molecule is CCc1ccc(N2C(=O)[C@H]3[C@H](CC=C4[C@H]3C[C@H]3C(=O)N(c5ccccc5)C(=O)[C@@]3(C)[C@H]4C=Cc3cc(OC)c(O)c(OC)c3)C2=O)cc1. The summed E-state index contributed by atoms with van der Waals surface area (Å²) in [7, 11) is 2.90. The second kappa shape index (κ2) is 11.8. The lowest BCUT2D eigenvalue weighted by Gasteiger charge is -2.47. The number of phenols is 1. The van der Waals surface area contributed by atoms with E-state index in [0.717, 1.165) is 17.6 Å². The minimum absolute atomic E-state index is 0.128. The number of rotatable bonds is 7. The van der Waals surface area contributed by atoms with Crippen molar-refractivity contribution in [2.24, 2.45) is 35.0 Å². The number of imide groups is 2. The molecule has 9 nitrogen and oxygen atoms in total. The Labute approximate surface area is 279 Å². The summed E-state index contributed by atoms with van der Waals surface area (Å²) in [5.41, 5.74) is 2.56. The fraction of sp³-hybridized carbons (Fsp3) is 0.333. The van der Waals surface area contributed by atoms with Crippen LogP contribution in [0.1, 0.15) is 37.8 Å². The Morgan fingerprint density at radius 2 is 1.50 bits per heavy atom. The number of para-hydroxylation sites is 1. The van der Waals surface area contributed by atoms with E-state index >= 15 is 0 Å². The molecule has 2 aliphatic carbocycles. The van der Waals surface area contributed by atoms with Gasteiger partial charge in [-0.25, -0.2) is 4.90 Å². The average molecular weight is 647 g/mol. The molecule has 1 saturated carbocycles. The molecule has 3 aromatic carbocycles. The van der Waals surface area contributed by atoms with Gasteiger partial charge in [0.05, 0.1) is 48.8 Å². The second-order valence-corrected chi connectivity index (χ2v) is 13.2. The van der Waals surface area contributed by atoms with Gasteiger partial charge in [0.2, 0.25) is 29.4 Å². The molecule has 0 bridgehead atoms. The molecule has 246 valence electrons. The molecule has 6 atom stereocenters. The van der Waals surface area contributed by atoms with Gasteiger partial charge in [-0.3, -0.25) is 24.1 Å². The summed E-state index contributed by atoms with van der Waals surface area (Å²) >= 11 is 0. The second-order valence-electron chi connectivity index (χ2n) is 13.2. The number of amides is 4. The van der Waals surface area contributed by atoms with Crippen LogP contribution in [0.15, 0.2) is 84.5 Å². The molecule has 1 N–H and O–H groups in total. The van der Waals surface area contributed by atoms with Gasteiger partial charge in [0, 0.05) is 5.92 Å². The van der Waals surface area contributed by atoms with Gasteiger partial charge in [-0.05, 0) is 79.6 Å². The predicted molar refractivity (Wildman–Crippen MR) is 180 cm³/mol. The van der Waals surface area contributed by atoms with Crippen molar-refractivity contribution in [2.45, 2.75) is 33.1 Å². The molecule has 3 aromatic rings. The fourth-order valence-corrected chi connectivity index (χ4v) is 8.39. The molecule has 7 rings (SSSR count). The lowest BCUT2D eigenvalue weighted by molar-refractivity contribution is -0.132. The first-order valence-corrected chi connectivity index (χ1v) is 16.4. The normalized spacial score (nSPS) is 28.0. The molecule has 2 saturated heterocycles. The van der Waals surface area contributed by atoms with Crippen LogP contribution in [0.2, 0.25) is 0 Å². The summed E-state index contributed by atoms with van der Waals surface area (Å²) in [6.07, 6.45) is 7.26. The Morgan fingerprint density at radius 3 is 2.12 bits per heavy atom. The van der Waals surface area contributed by atoms with Gasteiger partial charge < -0.3 is 14.6 Å². The summed E-state index contributed by atoms with van der Waals surface area (Å²) in [6, 6.07) is 19.8. The summed E-state index contributed by atoms with van der Waals surface area (Å²) < 4.78 is 10.7. The van der Waals surface area contributed by atoms with Crippen LogP contribution in [0.5, 0.6) is 17.2 Å². The first kappa shape index (κ1) is 31.4. The molecule has 3 fully saturated rings. The van der Waals surface area contributed by atoms with Crippen LogP contribution < -0.4 is 19.3 Å². The van der Waals surface area contributed by atoms with Crippen molar-refractivity contribution in [2.75, 3.05) is 24.0 Å². The molecule has 4 amide bonds. The highest BCUT2D eigenvalue weighted by atomic mass is 16.5. The number of benzene rings is 3. The number of hydrogen-bond donors (Lipinski definition) is 1. The van der Waals surface area contributed by atoms with Gasteiger partial charge in [0.15, 0.2) is 11.5 Å². The van der Waals surface area contributed by atoms with Crippen molar-refractivity contribution in [3.8, 4) is 17.2 Å². The van der Waals surface area contributed by atoms with E-state index in [-0.39, 0.29) is 47.3 Å². The Hall–Kier alpha value is -5.18. The van der Waals surface area contributed by atoms with Gasteiger partial charge in [-0.1, -0.05) is 61.1 Å². The number of carbonyl (C=O) groups is 4. The van der Waals surface area contributed by atoms with E-state index in [4.69, 9.17) is 9.47 Å². The van der Waals surface area contributed by atoms with Crippen LogP contribution in [0.3, 0.4) is 0 Å². The number of aryl methyl sites for hydroxylation is 1. The number of allylic oxidation sites excluding steroid dienone is 3. The Kier molecular flexibility index (Phi) is 7.73. The maximum atomic E-state index is 14.5. The molecule has 0 radical (unpaired) electrons. The molecule has 9 heteroatoms. The lowest BCUT2D eigenvalue weighted by Crippen LogP contribution is -2.49. The van der Waals surface area contributed by atoms with Crippen LogP contribution in [-0.4, -0.2) is 43.0 Å². The van der Waals surface area contributed by atoms with Crippen LogP contribution in [0.4, 0.5) is 11.4 Å². The maximum absolute atomic E-state index is 14.5. The highest BCUT2D eigenvalue weighted by Crippen LogP contribution is 2.61. The Bertz CT molecular complexity index is 1860. The molecular formula is C39H38N2O7. The average Bonchev–Trinajstić information content (AvgIpc) is 3.48. The summed E-state index contributed by atoms with van der Waals surface area (Å²) in [5.74, 6) is -3.65. The molecule has 0 spiro atoms. The number of nitrogens with zero attached hydrogens (tertiary/aromatic N) is 2. The molecule has 48 heavy (non-hydrogen) atoms. The van der Waals surface area contributed by atoms with Crippen molar-refractivity contribution in [1.82, 2.24) is 0 Å². The van der Waals surface area contributed by atoms with Gasteiger partial charge in [-0.2, -0.15) is 0 Å². The van der Waals surface area contributed by atoms with E-state index in [1.54, 1.807) is 36.4 Å². The first-order valence-electron chi connectivity index (χ1n) is 16.4. The number of ether oxygens (including phenoxy) is 2. The summed E-state index contributed by atoms with van der Waals surface area (Å²) in [6.45, 7) is 3.90. The van der Waals surface area contributed by atoms with Crippen LogP contribution in [0, 0.1) is 35.0 Å². The van der Waals surface area contributed by atoms with Gasteiger partial charge in [0.25, 0.3) is 0 Å². The molecule has 0 unspecified atom stereocenters. The van der Waals surface area contributed by atoms with E-state index in [1.165, 1.54) is 24.0 Å². The zero-order valence-electron chi connectivity index (χ0n) is 27.4. The van der Waals surface area contributed by atoms with Crippen LogP contribution in [0.25, 0.3) is 6.08 Å². The number of carbonyl (C=O) groups excluding carboxylic acids is 4. The Balaban J connectivity index is 1.33. The van der Waals surface area contributed by atoms with E-state index in [1.807, 2.05) is 62.4 Å². The van der Waals surface area contributed by atoms with Crippen molar-refractivity contribution in [3.05, 3.63) is 95.6 Å². The predicted octanol–water partition coefficient (Wildman–Crippen LogP) is 5.95. The Morgan fingerprint density at radius 1 is 0.854 bits per heavy atom. The summed E-state index contributed by atoms with van der Waals surface area (Å²) in [5, 5.41) is 10.5. The van der Waals surface area contributed by atoms with Gasteiger partial charge >= 0.3 is 0 Å². The fourth-order valence-electron chi connectivity index (χ4n) is 8.39. The van der Waals surface area contributed by atoms with Crippen LogP contribution >= 0.6 is 0 Å². The number of aromatic hydroxyl groups is 1. The van der Waals surface area contributed by atoms with Crippen molar-refractivity contribution in [1.29, 1.82) is 0 Å². The summed E-state index contributed by atoms with van der Waals surface area (Å²) in [4.78, 5) is 59.5. The van der Waals surface area contributed by atoms with E-state index in [9.17, 15) is 24.3 Å². The zero-order valence-corrected chi connectivity index (χ0v) is 27.4.